The summed E-state index contributed by atoms with van der Waals surface area (Å²) in [4.78, 5) is 15.3. The normalized spacial score (nSPS) is 57.7. The van der Waals surface area contributed by atoms with Crippen molar-refractivity contribution in [2.75, 3.05) is 6.54 Å². The van der Waals surface area contributed by atoms with E-state index in [0.717, 1.165) is 37.5 Å². The molecular weight excluding hydrogens is 326 g/mol. The minimum atomic E-state index is -0.414. The zero-order valence-electron chi connectivity index (χ0n) is 16.0. The average molecular weight is 357 g/mol. The highest BCUT2D eigenvalue weighted by atomic mass is 16.6. The number of carbonyl (C=O) groups excluding carboxylic acids is 1. The summed E-state index contributed by atoms with van der Waals surface area (Å²) in [6, 6.07) is 0.944. The average Bonchev–Trinajstić information content (AvgIpc) is 3.29. The van der Waals surface area contributed by atoms with E-state index in [4.69, 9.17) is 4.74 Å². The van der Waals surface area contributed by atoms with Crippen LogP contribution in [-0.2, 0) is 9.53 Å². The van der Waals surface area contributed by atoms with Crippen molar-refractivity contribution in [1.29, 1.82) is 0 Å². The van der Waals surface area contributed by atoms with E-state index in [1.54, 1.807) is 0 Å². The highest BCUT2D eigenvalue weighted by Gasteiger charge is 2.74. The summed E-state index contributed by atoms with van der Waals surface area (Å²) in [5.74, 6) is 2.04. The lowest BCUT2D eigenvalue weighted by molar-refractivity contribution is -0.247. The van der Waals surface area contributed by atoms with Gasteiger partial charge < -0.3 is 9.84 Å². The number of hydrogen-bond acceptors (Lipinski definition) is 4. The van der Waals surface area contributed by atoms with Crippen LogP contribution in [0.5, 0.6) is 0 Å². The number of carbonyl (C=O) groups is 1. The highest BCUT2D eigenvalue weighted by Crippen LogP contribution is 2.69. The number of aliphatic hydroxyl groups is 1. The largest absolute Gasteiger partial charge is 0.458 e. The van der Waals surface area contributed by atoms with Gasteiger partial charge in [-0.3, -0.25) is 9.69 Å². The van der Waals surface area contributed by atoms with Crippen molar-refractivity contribution in [2.24, 2.45) is 29.1 Å². The Morgan fingerprint density at radius 2 is 2.15 bits per heavy atom. The van der Waals surface area contributed by atoms with Crippen LogP contribution in [0, 0.1) is 29.1 Å². The molecule has 2 saturated carbocycles. The first-order valence-corrected chi connectivity index (χ1v) is 10.8. The van der Waals surface area contributed by atoms with Crippen LogP contribution in [-0.4, -0.2) is 46.3 Å². The summed E-state index contributed by atoms with van der Waals surface area (Å²) >= 11 is 0. The van der Waals surface area contributed by atoms with Crippen LogP contribution < -0.4 is 0 Å². The minimum Gasteiger partial charge on any atom is -0.458 e. The predicted molar refractivity (Wildman–Crippen MR) is 97.3 cm³/mol. The summed E-state index contributed by atoms with van der Waals surface area (Å²) in [5, 5.41) is 10.9. The second-order valence-electron chi connectivity index (χ2n) is 10.3. The molecule has 0 aromatic heterocycles. The van der Waals surface area contributed by atoms with E-state index in [0.29, 0.717) is 24.4 Å². The molecule has 6 rings (SSSR count). The fraction of sp³-hybridized carbons (Fsp3) is 0.864. The Morgan fingerprint density at radius 3 is 3.00 bits per heavy atom. The molecule has 0 aromatic rings. The molecule has 4 heteroatoms. The topological polar surface area (TPSA) is 49.8 Å². The molecule has 0 unspecified atom stereocenters. The van der Waals surface area contributed by atoms with Gasteiger partial charge in [-0.15, -0.1) is 0 Å². The maximum atomic E-state index is 12.4. The van der Waals surface area contributed by atoms with Gasteiger partial charge in [-0.1, -0.05) is 18.6 Å². The van der Waals surface area contributed by atoms with Gasteiger partial charge in [0.05, 0.1) is 6.10 Å². The van der Waals surface area contributed by atoms with Gasteiger partial charge in [-0.05, 0) is 57.3 Å². The maximum Gasteiger partial charge on any atom is 0.306 e. The molecule has 9 atom stereocenters. The Hall–Kier alpha value is -0.870. The molecule has 0 amide bonds. The first-order valence-electron chi connectivity index (χ1n) is 10.8. The number of piperidine rings is 1. The second kappa shape index (κ2) is 4.94. The molecule has 4 nitrogen and oxygen atoms in total. The van der Waals surface area contributed by atoms with E-state index in [1.807, 2.05) is 0 Å². The lowest BCUT2D eigenvalue weighted by Gasteiger charge is -2.66. The molecule has 142 valence electrons. The molecule has 26 heavy (non-hydrogen) atoms. The van der Waals surface area contributed by atoms with E-state index >= 15 is 0 Å². The fourth-order valence-corrected chi connectivity index (χ4v) is 8.63. The SMILES string of the molecule is C[C@@H]1CN2[C@H]3[C@@H]1CC[C@]31CCC(=O)O[C@@]1(C)[C@H]1C[C@@H](O)[C@H]3CCC=C3[C@@H]12. The third-order valence-corrected chi connectivity index (χ3v) is 9.61. The number of esters is 1. The van der Waals surface area contributed by atoms with Crippen LogP contribution in [0.15, 0.2) is 11.6 Å². The van der Waals surface area contributed by atoms with Crippen LogP contribution in [0.2, 0.25) is 0 Å². The molecular formula is C22H31NO3. The van der Waals surface area contributed by atoms with Crippen molar-refractivity contribution in [3.8, 4) is 0 Å². The third kappa shape index (κ3) is 1.64. The van der Waals surface area contributed by atoms with Crippen LogP contribution in [0.3, 0.4) is 0 Å². The molecule has 3 saturated heterocycles. The Bertz CT molecular complexity index is 704. The van der Waals surface area contributed by atoms with Gasteiger partial charge in [0.25, 0.3) is 0 Å². The van der Waals surface area contributed by atoms with Crippen molar-refractivity contribution in [3.05, 3.63) is 11.6 Å². The van der Waals surface area contributed by atoms with Crippen LogP contribution in [0.1, 0.15) is 58.8 Å². The van der Waals surface area contributed by atoms with Gasteiger partial charge in [0.1, 0.15) is 5.60 Å². The van der Waals surface area contributed by atoms with Gasteiger partial charge in [-0.25, -0.2) is 0 Å². The number of rotatable bonds is 0. The van der Waals surface area contributed by atoms with E-state index in [1.165, 1.54) is 25.0 Å². The minimum absolute atomic E-state index is 0.0168. The quantitative estimate of drug-likeness (QED) is 0.535. The molecule has 1 N–H and O–H groups in total. The summed E-state index contributed by atoms with van der Waals surface area (Å²) in [7, 11) is 0. The van der Waals surface area contributed by atoms with Crippen molar-refractivity contribution >= 4 is 5.97 Å². The van der Waals surface area contributed by atoms with Crippen molar-refractivity contribution in [3.63, 3.8) is 0 Å². The molecule has 3 heterocycles. The summed E-state index contributed by atoms with van der Waals surface area (Å²) in [6.07, 6.45) is 9.15. The molecule has 0 aromatic carbocycles. The van der Waals surface area contributed by atoms with Gasteiger partial charge >= 0.3 is 5.97 Å². The molecule has 6 aliphatic rings. The molecule has 3 aliphatic heterocycles. The Balaban J connectivity index is 1.55. The van der Waals surface area contributed by atoms with E-state index < -0.39 is 5.60 Å². The van der Waals surface area contributed by atoms with Crippen LogP contribution in [0.25, 0.3) is 0 Å². The maximum absolute atomic E-state index is 12.4. The Kier molecular flexibility index (Phi) is 3.06. The van der Waals surface area contributed by atoms with Gasteiger partial charge in [0.15, 0.2) is 0 Å². The number of hydrogen-bond donors (Lipinski definition) is 1. The van der Waals surface area contributed by atoms with Gasteiger partial charge in [-0.2, -0.15) is 0 Å². The molecule has 3 aliphatic carbocycles. The lowest BCUT2D eigenvalue weighted by Crippen LogP contribution is -2.74. The summed E-state index contributed by atoms with van der Waals surface area (Å²) < 4.78 is 6.30. The lowest BCUT2D eigenvalue weighted by atomic mass is 9.51. The highest BCUT2D eigenvalue weighted by molar-refractivity contribution is 5.71. The van der Waals surface area contributed by atoms with Crippen LogP contribution >= 0.6 is 0 Å². The van der Waals surface area contributed by atoms with Gasteiger partial charge in [0, 0.05) is 42.3 Å². The monoisotopic (exact) mass is 357 g/mol. The zero-order chi connectivity index (χ0) is 17.8. The molecule has 5 fully saturated rings. The molecule has 0 bridgehead atoms. The number of nitrogens with zero attached hydrogens (tertiary/aromatic N) is 1. The van der Waals surface area contributed by atoms with E-state index in [-0.39, 0.29) is 23.4 Å². The van der Waals surface area contributed by atoms with Crippen molar-refractivity contribution in [2.45, 2.75) is 82.6 Å². The van der Waals surface area contributed by atoms with Crippen molar-refractivity contribution in [1.82, 2.24) is 4.90 Å². The first-order chi connectivity index (χ1) is 12.5. The van der Waals surface area contributed by atoms with E-state index in [9.17, 15) is 9.90 Å². The van der Waals surface area contributed by atoms with Crippen LogP contribution in [0.4, 0.5) is 0 Å². The van der Waals surface area contributed by atoms with Gasteiger partial charge in [0.2, 0.25) is 0 Å². The predicted octanol–water partition coefficient (Wildman–Crippen LogP) is 2.90. The molecule has 0 radical (unpaired) electrons. The summed E-state index contributed by atoms with van der Waals surface area (Å²) in [6.45, 7) is 5.86. The summed E-state index contributed by atoms with van der Waals surface area (Å²) in [5.41, 5.74) is 1.16. The standard InChI is InChI=1S/C22H31NO3/c1-12-11-23-19-15-5-3-4-14(15)17(24)10-16(19)21(2)22(9-7-18(25)26-21)8-6-13(12)20(22)23/h5,12-14,16-17,19-20,24H,3-4,6-11H2,1-2H3/t12-,13-,14+,16+,17-,19+,20+,21+,22+/m1/s1. The fourth-order valence-electron chi connectivity index (χ4n) is 8.63. The molecule has 1 spiro atoms. The smallest absolute Gasteiger partial charge is 0.306 e. The first kappa shape index (κ1) is 16.1. The number of ether oxygens (including phenoxy) is 1. The second-order valence-corrected chi connectivity index (χ2v) is 10.3. The van der Waals surface area contributed by atoms with E-state index in [2.05, 4.69) is 24.8 Å². The van der Waals surface area contributed by atoms with Crippen molar-refractivity contribution < 1.29 is 14.6 Å². The zero-order valence-corrected chi connectivity index (χ0v) is 16.0. The number of aliphatic hydroxyl groups excluding tert-OH is 1. The number of fused-ring (bicyclic) bond motifs is 5. The number of allylic oxidation sites excluding steroid dienone is 1. The third-order valence-electron chi connectivity index (χ3n) is 9.61. The Labute approximate surface area is 156 Å². The Morgan fingerprint density at radius 1 is 1.31 bits per heavy atom.